The van der Waals surface area contributed by atoms with Gasteiger partial charge in [0.15, 0.2) is 0 Å². The molecule has 5 nitrogen and oxygen atoms in total. The Morgan fingerprint density at radius 2 is 1.60 bits per heavy atom. The lowest BCUT2D eigenvalue weighted by atomic mass is 9.96. The van der Waals surface area contributed by atoms with Crippen LogP contribution in [0.1, 0.15) is 24.5 Å². The molecule has 1 aromatic heterocycles. The van der Waals surface area contributed by atoms with Crippen molar-refractivity contribution in [2.75, 3.05) is 19.6 Å². The molecular weight excluding hydrogens is 398 g/mol. The lowest BCUT2D eigenvalue weighted by Crippen LogP contribution is -2.39. The van der Waals surface area contributed by atoms with Crippen molar-refractivity contribution in [2.45, 2.75) is 25.5 Å². The Kier molecular flexibility index (Phi) is 7.80. The number of halogens is 1. The first kappa shape index (κ1) is 22.2. The van der Waals surface area contributed by atoms with Crippen molar-refractivity contribution < 1.29 is 5.11 Å². The Morgan fingerprint density at radius 3 is 2.27 bits per heavy atom. The first-order valence-electron chi connectivity index (χ1n) is 10.3. The SMILES string of the molecule is Cl.O=c1c(-c2ccccc2)ccnn1CC1CCN(C[C@H](O)c2ccccc2)CC1. The lowest BCUT2D eigenvalue weighted by molar-refractivity contribution is 0.0857. The fourth-order valence-corrected chi connectivity index (χ4v) is 4.04. The minimum atomic E-state index is -0.459. The smallest absolute Gasteiger partial charge is 0.274 e. The summed E-state index contributed by atoms with van der Waals surface area (Å²) in [5.41, 5.74) is 2.56. The highest BCUT2D eigenvalue weighted by Gasteiger charge is 2.22. The van der Waals surface area contributed by atoms with Gasteiger partial charge in [-0.25, -0.2) is 4.68 Å². The molecule has 4 rings (SSSR count). The van der Waals surface area contributed by atoms with E-state index in [9.17, 15) is 9.90 Å². The van der Waals surface area contributed by atoms with E-state index in [4.69, 9.17) is 0 Å². The summed E-state index contributed by atoms with van der Waals surface area (Å²) in [5.74, 6) is 0.427. The van der Waals surface area contributed by atoms with Crippen LogP contribution in [0.3, 0.4) is 0 Å². The number of benzene rings is 2. The predicted octanol–water partition coefficient (Wildman–Crippen LogP) is 3.78. The van der Waals surface area contributed by atoms with Crippen molar-refractivity contribution >= 4 is 12.4 Å². The summed E-state index contributed by atoms with van der Waals surface area (Å²) in [6.45, 7) is 3.16. The number of likely N-dealkylation sites (tertiary alicyclic amines) is 1. The minimum Gasteiger partial charge on any atom is -0.387 e. The van der Waals surface area contributed by atoms with Gasteiger partial charge in [0.1, 0.15) is 0 Å². The van der Waals surface area contributed by atoms with Gasteiger partial charge in [0, 0.05) is 19.3 Å². The second-order valence-electron chi connectivity index (χ2n) is 7.77. The van der Waals surface area contributed by atoms with Crippen molar-refractivity contribution in [2.24, 2.45) is 5.92 Å². The molecule has 0 spiro atoms. The molecule has 30 heavy (non-hydrogen) atoms. The van der Waals surface area contributed by atoms with Crippen LogP contribution in [0.25, 0.3) is 11.1 Å². The van der Waals surface area contributed by atoms with Crippen LogP contribution in [0.5, 0.6) is 0 Å². The Balaban J connectivity index is 0.00000256. The summed E-state index contributed by atoms with van der Waals surface area (Å²) in [6, 6.07) is 21.4. The number of rotatable bonds is 6. The molecule has 6 heteroatoms. The zero-order valence-electron chi connectivity index (χ0n) is 16.9. The maximum atomic E-state index is 12.9. The van der Waals surface area contributed by atoms with E-state index in [2.05, 4.69) is 10.00 Å². The minimum absolute atomic E-state index is 0. The van der Waals surface area contributed by atoms with E-state index in [-0.39, 0.29) is 18.0 Å². The molecule has 1 aliphatic heterocycles. The van der Waals surface area contributed by atoms with Gasteiger partial charge in [0.25, 0.3) is 5.56 Å². The summed E-state index contributed by atoms with van der Waals surface area (Å²) in [4.78, 5) is 15.2. The Labute approximate surface area is 183 Å². The van der Waals surface area contributed by atoms with Gasteiger partial charge in [0.05, 0.1) is 11.7 Å². The molecule has 3 aromatic rings. The molecule has 2 heterocycles. The van der Waals surface area contributed by atoms with Crippen molar-refractivity contribution in [3.63, 3.8) is 0 Å². The van der Waals surface area contributed by atoms with Crippen LogP contribution < -0.4 is 5.56 Å². The summed E-state index contributed by atoms with van der Waals surface area (Å²) in [6.07, 6.45) is 3.27. The standard InChI is InChI=1S/C24H27N3O2.ClH/c28-23(21-9-5-2-6-10-21)18-26-15-12-19(13-16-26)17-27-24(29)22(11-14-25-27)20-7-3-1-4-8-20;/h1-11,14,19,23,28H,12-13,15-18H2;1H/t23-;/m0./s1. The van der Waals surface area contributed by atoms with E-state index < -0.39 is 6.10 Å². The van der Waals surface area contributed by atoms with Crippen molar-refractivity contribution in [3.05, 3.63) is 88.8 Å². The number of hydrogen-bond donors (Lipinski definition) is 1. The number of hydrogen-bond acceptors (Lipinski definition) is 4. The van der Waals surface area contributed by atoms with E-state index in [0.29, 0.717) is 24.6 Å². The van der Waals surface area contributed by atoms with E-state index in [1.807, 2.05) is 60.7 Å². The number of aliphatic hydroxyl groups is 1. The molecule has 2 aromatic carbocycles. The van der Waals surface area contributed by atoms with Gasteiger partial charge in [0.2, 0.25) is 0 Å². The maximum Gasteiger partial charge on any atom is 0.274 e. The van der Waals surface area contributed by atoms with Crippen molar-refractivity contribution in [1.29, 1.82) is 0 Å². The monoisotopic (exact) mass is 425 g/mol. The van der Waals surface area contributed by atoms with E-state index >= 15 is 0 Å². The van der Waals surface area contributed by atoms with Gasteiger partial charge in [-0.15, -0.1) is 12.4 Å². The highest BCUT2D eigenvalue weighted by molar-refractivity contribution is 5.85. The molecule has 1 saturated heterocycles. The molecule has 0 radical (unpaired) electrons. The maximum absolute atomic E-state index is 12.9. The molecule has 1 N–H and O–H groups in total. The highest BCUT2D eigenvalue weighted by atomic mass is 35.5. The second-order valence-corrected chi connectivity index (χ2v) is 7.77. The quantitative estimate of drug-likeness (QED) is 0.653. The van der Waals surface area contributed by atoms with Gasteiger partial charge >= 0.3 is 0 Å². The van der Waals surface area contributed by atoms with Crippen LogP contribution in [-0.4, -0.2) is 39.4 Å². The van der Waals surface area contributed by atoms with E-state index in [1.54, 1.807) is 16.9 Å². The highest BCUT2D eigenvalue weighted by Crippen LogP contribution is 2.22. The second kappa shape index (κ2) is 10.5. The van der Waals surface area contributed by atoms with E-state index in [0.717, 1.165) is 37.1 Å². The largest absolute Gasteiger partial charge is 0.387 e. The third-order valence-electron chi connectivity index (χ3n) is 5.75. The van der Waals surface area contributed by atoms with Gasteiger partial charge in [-0.3, -0.25) is 4.79 Å². The van der Waals surface area contributed by atoms with Crippen LogP contribution in [0.2, 0.25) is 0 Å². The summed E-state index contributed by atoms with van der Waals surface area (Å²) in [5, 5.41) is 14.8. The molecule has 0 amide bonds. The molecule has 1 atom stereocenters. The Morgan fingerprint density at radius 1 is 0.967 bits per heavy atom. The van der Waals surface area contributed by atoms with Gasteiger partial charge in [-0.1, -0.05) is 60.7 Å². The summed E-state index contributed by atoms with van der Waals surface area (Å²) >= 11 is 0. The third-order valence-corrected chi connectivity index (χ3v) is 5.75. The van der Waals surface area contributed by atoms with Crippen LogP contribution in [-0.2, 0) is 6.54 Å². The number of β-amino-alcohol motifs (C(OH)–C–C–N with tert-alkyl or cyclic N) is 1. The molecule has 0 bridgehead atoms. The van der Waals surface area contributed by atoms with Crippen LogP contribution in [0, 0.1) is 5.92 Å². The van der Waals surface area contributed by atoms with Crippen molar-refractivity contribution in [1.82, 2.24) is 14.7 Å². The molecular formula is C24H28ClN3O2. The Bertz CT molecular complexity index is 971. The number of piperidine rings is 1. The van der Waals surface area contributed by atoms with Gasteiger partial charge in [-0.2, -0.15) is 5.10 Å². The number of aliphatic hydroxyl groups excluding tert-OH is 1. The topological polar surface area (TPSA) is 58.4 Å². The van der Waals surface area contributed by atoms with Gasteiger partial charge < -0.3 is 10.0 Å². The average Bonchev–Trinajstić information content (AvgIpc) is 2.78. The van der Waals surface area contributed by atoms with Crippen molar-refractivity contribution in [3.8, 4) is 11.1 Å². The van der Waals surface area contributed by atoms with Crippen LogP contribution in [0.15, 0.2) is 77.7 Å². The fourth-order valence-electron chi connectivity index (χ4n) is 4.04. The normalized spacial score (nSPS) is 16.0. The molecule has 1 fully saturated rings. The summed E-state index contributed by atoms with van der Waals surface area (Å²) in [7, 11) is 0. The lowest BCUT2D eigenvalue weighted by Gasteiger charge is -2.33. The van der Waals surface area contributed by atoms with Gasteiger partial charge in [-0.05, 0) is 49.0 Å². The molecule has 0 saturated carbocycles. The molecule has 0 unspecified atom stereocenters. The molecule has 0 aliphatic carbocycles. The fraction of sp³-hybridized carbons (Fsp3) is 0.333. The summed E-state index contributed by atoms with van der Waals surface area (Å²) < 4.78 is 1.61. The first-order valence-corrected chi connectivity index (χ1v) is 10.3. The number of nitrogens with zero attached hydrogens (tertiary/aromatic N) is 3. The van der Waals surface area contributed by atoms with E-state index in [1.165, 1.54) is 0 Å². The average molecular weight is 426 g/mol. The third kappa shape index (κ3) is 5.36. The zero-order chi connectivity index (χ0) is 20.1. The number of aromatic nitrogens is 2. The van der Waals surface area contributed by atoms with Crippen LogP contribution in [0.4, 0.5) is 0 Å². The predicted molar refractivity (Wildman–Crippen MR) is 122 cm³/mol. The Hall–Kier alpha value is -2.47. The molecule has 158 valence electrons. The van der Waals surface area contributed by atoms with Crippen LogP contribution >= 0.6 is 12.4 Å². The first-order chi connectivity index (χ1) is 14.2. The zero-order valence-corrected chi connectivity index (χ0v) is 17.7. The molecule has 1 aliphatic rings.